The molecule has 3 rings (SSSR count). The monoisotopic (exact) mass is 326 g/mol. The molecule has 120 valence electrons. The minimum absolute atomic E-state index is 0.00736. The highest BCUT2D eigenvalue weighted by atomic mass is 35.5. The van der Waals surface area contributed by atoms with Gasteiger partial charge in [0.1, 0.15) is 0 Å². The van der Waals surface area contributed by atoms with E-state index in [4.69, 9.17) is 22.1 Å². The number of carboxylic acids is 1. The van der Waals surface area contributed by atoms with Gasteiger partial charge in [-0.25, -0.2) is 14.8 Å². The van der Waals surface area contributed by atoms with E-state index in [1.54, 1.807) is 0 Å². The molecule has 0 radical (unpaired) electrons. The maximum atomic E-state index is 11.3. The van der Waals surface area contributed by atoms with Gasteiger partial charge in [0.2, 0.25) is 5.28 Å². The molecule has 8 heteroatoms. The van der Waals surface area contributed by atoms with Gasteiger partial charge >= 0.3 is 5.97 Å². The van der Waals surface area contributed by atoms with Crippen LogP contribution in [0.4, 0.5) is 5.69 Å². The minimum Gasteiger partial charge on any atom is -0.476 e. The van der Waals surface area contributed by atoms with E-state index in [9.17, 15) is 9.90 Å². The van der Waals surface area contributed by atoms with Crippen LogP contribution in [0, 0.1) is 5.41 Å². The lowest BCUT2D eigenvalue weighted by Crippen LogP contribution is -2.50. The summed E-state index contributed by atoms with van der Waals surface area (Å²) in [5.41, 5.74) is 6.73. The van der Waals surface area contributed by atoms with Gasteiger partial charge < -0.3 is 20.5 Å². The molecule has 0 bridgehead atoms. The molecule has 0 unspecified atom stereocenters. The number of carboxylic acid groups (broad SMARTS) is 1. The van der Waals surface area contributed by atoms with Gasteiger partial charge in [0.25, 0.3) is 0 Å². The zero-order chi connectivity index (χ0) is 15.9. The third-order valence-corrected chi connectivity index (χ3v) is 5.07. The molecule has 7 nitrogen and oxygen atoms in total. The number of anilines is 1. The average Bonchev–Trinajstić information content (AvgIpc) is 2.77. The molecule has 0 amide bonds. The normalized spacial score (nSPS) is 27.3. The van der Waals surface area contributed by atoms with Gasteiger partial charge in [0, 0.05) is 24.5 Å². The third kappa shape index (κ3) is 2.53. The van der Waals surface area contributed by atoms with Gasteiger partial charge in [-0.2, -0.15) is 0 Å². The fourth-order valence-electron chi connectivity index (χ4n) is 3.41. The molecule has 3 heterocycles. The number of ether oxygens (including phenoxy) is 1. The molecule has 2 atom stereocenters. The number of nitrogens with two attached hydrogens (primary N) is 1. The highest BCUT2D eigenvalue weighted by molar-refractivity contribution is 6.28. The van der Waals surface area contributed by atoms with E-state index < -0.39 is 5.97 Å². The molecule has 1 aromatic rings. The van der Waals surface area contributed by atoms with Crippen LogP contribution in [-0.2, 0) is 4.74 Å². The average molecular weight is 327 g/mol. The Bertz CT molecular complexity index is 589. The molecule has 0 aliphatic carbocycles. The number of piperidine rings is 1. The molecule has 0 aromatic carbocycles. The van der Waals surface area contributed by atoms with E-state index in [1.807, 2.05) is 11.8 Å². The second-order valence-electron chi connectivity index (χ2n) is 6.07. The first kappa shape index (κ1) is 15.5. The van der Waals surface area contributed by atoms with E-state index in [1.165, 1.54) is 6.20 Å². The first-order valence-corrected chi connectivity index (χ1v) is 7.69. The SMILES string of the molecule is C[C@@H]1OCC2(CCN(c3cnc(Cl)nc3C(=O)O)CC2)[C@@H]1N. The van der Waals surface area contributed by atoms with Crippen LogP contribution in [0.1, 0.15) is 30.3 Å². The van der Waals surface area contributed by atoms with Gasteiger partial charge in [-0.05, 0) is 31.4 Å². The Morgan fingerprint density at radius 1 is 1.55 bits per heavy atom. The van der Waals surface area contributed by atoms with Crippen LogP contribution in [0.3, 0.4) is 0 Å². The number of aromatic carboxylic acids is 1. The number of hydrogen-bond acceptors (Lipinski definition) is 6. The molecule has 2 saturated heterocycles. The summed E-state index contributed by atoms with van der Waals surface area (Å²) in [6.07, 6.45) is 3.27. The molecule has 0 saturated carbocycles. The van der Waals surface area contributed by atoms with Crippen LogP contribution in [0.5, 0.6) is 0 Å². The van der Waals surface area contributed by atoms with Gasteiger partial charge in [-0.15, -0.1) is 0 Å². The lowest BCUT2D eigenvalue weighted by Gasteiger charge is -2.42. The van der Waals surface area contributed by atoms with Gasteiger partial charge in [0.15, 0.2) is 5.69 Å². The fraction of sp³-hybridized carbons (Fsp3) is 0.643. The maximum Gasteiger partial charge on any atom is 0.356 e. The van der Waals surface area contributed by atoms with Gasteiger partial charge in [0.05, 0.1) is 24.6 Å². The predicted octanol–water partition coefficient (Wildman–Crippen LogP) is 1.16. The van der Waals surface area contributed by atoms with Crippen molar-refractivity contribution in [1.82, 2.24) is 9.97 Å². The molecule has 1 spiro atoms. The van der Waals surface area contributed by atoms with Crippen molar-refractivity contribution in [2.24, 2.45) is 11.1 Å². The summed E-state index contributed by atoms with van der Waals surface area (Å²) < 4.78 is 5.70. The summed E-state index contributed by atoms with van der Waals surface area (Å²) in [4.78, 5) is 21.1. The van der Waals surface area contributed by atoms with E-state index in [0.717, 1.165) is 12.8 Å². The van der Waals surface area contributed by atoms with Crippen LogP contribution in [0.15, 0.2) is 6.20 Å². The lowest BCUT2D eigenvalue weighted by atomic mass is 9.73. The Hall–Kier alpha value is -1.44. The molecule has 22 heavy (non-hydrogen) atoms. The fourth-order valence-corrected chi connectivity index (χ4v) is 3.54. The first-order chi connectivity index (χ1) is 10.4. The molecule has 3 N–H and O–H groups in total. The summed E-state index contributed by atoms with van der Waals surface area (Å²) in [6.45, 7) is 4.08. The zero-order valence-corrected chi connectivity index (χ0v) is 13.1. The van der Waals surface area contributed by atoms with Crippen molar-refractivity contribution >= 4 is 23.3 Å². The van der Waals surface area contributed by atoms with Gasteiger partial charge in [-0.1, -0.05) is 0 Å². The van der Waals surface area contributed by atoms with Crippen LogP contribution in [0.25, 0.3) is 0 Å². The smallest absolute Gasteiger partial charge is 0.356 e. The van der Waals surface area contributed by atoms with Crippen molar-refractivity contribution in [3.63, 3.8) is 0 Å². The molecule has 1 aromatic heterocycles. The summed E-state index contributed by atoms with van der Waals surface area (Å²) in [5, 5.41) is 9.23. The Balaban J connectivity index is 1.79. The Kier molecular flexibility index (Phi) is 3.96. The molecule has 2 fully saturated rings. The number of halogens is 1. The van der Waals surface area contributed by atoms with E-state index in [2.05, 4.69) is 9.97 Å². The minimum atomic E-state index is -1.10. The summed E-state index contributed by atoms with van der Waals surface area (Å²) >= 11 is 5.70. The Morgan fingerprint density at radius 3 is 2.77 bits per heavy atom. The van der Waals surface area contributed by atoms with Crippen LogP contribution in [-0.4, -0.2) is 52.9 Å². The quantitative estimate of drug-likeness (QED) is 0.786. The van der Waals surface area contributed by atoms with Crippen molar-refractivity contribution < 1.29 is 14.6 Å². The summed E-state index contributed by atoms with van der Waals surface area (Å²) in [5.74, 6) is -1.10. The second kappa shape index (κ2) is 5.64. The first-order valence-electron chi connectivity index (χ1n) is 7.31. The van der Waals surface area contributed by atoms with E-state index in [0.29, 0.717) is 25.4 Å². The largest absolute Gasteiger partial charge is 0.476 e. The summed E-state index contributed by atoms with van der Waals surface area (Å²) in [7, 11) is 0. The molecule has 2 aliphatic heterocycles. The van der Waals surface area contributed by atoms with Crippen molar-refractivity contribution in [2.45, 2.75) is 31.9 Å². The van der Waals surface area contributed by atoms with Gasteiger partial charge in [-0.3, -0.25) is 0 Å². The highest BCUT2D eigenvalue weighted by Gasteiger charge is 2.47. The number of hydrogen-bond donors (Lipinski definition) is 2. The number of aromatic nitrogens is 2. The third-order valence-electron chi connectivity index (χ3n) is 4.89. The Labute approximate surface area is 133 Å². The molecule has 2 aliphatic rings. The van der Waals surface area contributed by atoms with Crippen molar-refractivity contribution in [3.8, 4) is 0 Å². The molecular formula is C14H19ClN4O3. The predicted molar refractivity (Wildman–Crippen MR) is 81.3 cm³/mol. The number of nitrogens with zero attached hydrogens (tertiary/aromatic N) is 3. The van der Waals surface area contributed by atoms with Crippen LogP contribution < -0.4 is 10.6 Å². The van der Waals surface area contributed by atoms with Crippen molar-refractivity contribution in [3.05, 3.63) is 17.2 Å². The standard InChI is InChI=1S/C14H19ClN4O3/c1-8-11(16)14(7-22-8)2-4-19(5-3-14)9-6-17-13(15)18-10(9)12(20)21/h6,8,11H,2-5,7,16H2,1H3,(H,20,21)/t8-,11+/m0/s1. The van der Waals surface area contributed by atoms with Crippen LogP contribution in [0.2, 0.25) is 5.28 Å². The lowest BCUT2D eigenvalue weighted by molar-refractivity contribution is 0.0690. The van der Waals surface area contributed by atoms with E-state index >= 15 is 0 Å². The topological polar surface area (TPSA) is 102 Å². The Morgan fingerprint density at radius 2 is 2.23 bits per heavy atom. The second-order valence-corrected chi connectivity index (χ2v) is 6.41. The molecular weight excluding hydrogens is 308 g/mol. The zero-order valence-electron chi connectivity index (χ0n) is 12.3. The number of carbonyl (C=O) groups is 1. The highest BCUT2D eigenvalue weighted by Crippen LogP contribution is 2.42. The summed E-state index contributed by atoms with van der Waals surface area (Å²) in [6, 6.07) is 0.0232. The van der Waals surface area contributed by atoms with Crippen LogP contribution >= 0.6 is 11.6 Å². The van der Waals surface area contributed by atoms with Crippen molar-refractivity contribution in [1.29, 1.82) is 0 Å². The van der Waals surface area contributed by atoms with Crippen molar-refractivity contribution in [2.75, 3.05) is 24.6 Å². The van der Waals surface area contributed by atoms with E-state index in [-0.39, 0.29) is 28.5 Å². The number of rotatable bonds is 2. The maximum absolute atomic E-state index is 11.3.